The SMILES string of the molecule is CC1CN(C(=O)CSCc2ccc(F)cc2)C(=Nc2cccc(S(=O)(=O)N(C)C)c2)S1. The van der Waals surface area contributed by atoms with Gasteiger partial charge in [-0.1, -0.05) is 36.9 Å². The third-order valence-electron chi connectivity index (χ3n) is 4.51. The van der Waals surface area contributed by atoms with Crippen LogP contribution in [0, 0.1) is 5.82 Å². The number of rotatable bonds is 7. The first kappa shape index (κ1) is 23.8. The third-order valence-corrected chi connectivity index (χ3v) is 8.38. The lowest BCUT2D eigenvalue weighted by Gasteiger charge is -2.16. The van der Waals surface area contributed by atoms with Crippen LogP contribution in [0.5, 0.6) is 0 Å². The highest BCUT2D eigenvalue weighted by molar-refractivity contribution is 8.14. The average molecular weight is 482 g/mol. The molecule has 1 aliphatic rings. The molecular formula is C21H24FN3O3S3. The molecule has 0 aliphatic carbocycles. The predicted octanol–water partition coefficient (Wildman–Crippen LogP) is 3.96. The fourth-order valence-electron chi connectivity index (χ4n) is 2.86. The van der Waals surface area contributed by atoms with Crippen LogP contribution in [-0.4, -0.2) is 60.3 Å². The van der Waals surface area contributed by atoms with E-state index < -0.39 is 10.0 Å². The molecule has 31 heavy (non-hydrogen) atoms. The Morgan fingerprint density at radius 1 is 1.26 bits per heavy atom. The molecule has 1 fully saturated rings. The molecule has 3 rings (SSSR count). The predicted molar refractivity (Wildman–Crippen MR) is 126 cm³/mol. The second-order valence-corrected chi connectivity index (χ2v) is 11.8. The molecule has 0 radical (unpaired) electrons. The van der Waals surface area contributed by atoms with E-state index in [1.165, 1.54) is 61.9 Å². The van der Waals surface area contributed by atoms with Crippen molar-refractivity contribution in [3.63, 3.8) is 0 Å². The van der Waals surface area contributed by atoms with Crippen molar-refractivity contribution in [2.24, 2.45) is 4.99 Å². The van der Waals surface area contributed by atoms with Crippen LogP contribution < -0.4 is 0 Å². The van der Waals surface area contributed by atoms with E-state index in [0.717, 1.165) is 9.87 Å². The maximum absolute atomic E-state index is 13.0. The summed E-state index contributed by atoms with van der Waals surface area (Å²) in [5.41, 5.74) is 1.44. The zero-order valence-electron chi connectivity index (χ0n) is 17.5. The summed E-state index contributed by atoms with van der Waals surface area (Å²) in [5, 5.41) is 0.762. The molecule has 0 spiro atoms. The number of halogens is 1. The van der Waals surface area contributed by atoms with Crippen LogP contribution >= 0.6 is 23.5 Å². The van der Waals surface area contributed by atoms with Crippen LogP contribution in [0.4, 0.5) is 10.1 Å². The Kier molecular flexibility index (Phi) is 7.79. The van der Waals surface area contributed by atoms with Gasteiger partial charge in [-0.2, -0.15) is 0 Å². The molecule has 166 valence electrons. The molecule has 10 heteroatoms. The zero-order chi connectivity index (χ0) is 22.6. The maximum Gasteiger partial charge on any atom is 0.242 e. The minimum absolute atomic E-state index is 0.0558. The molecule has 0 bridgehead atoms. The van der Waals surface area contributed by atoms with E-state index in [-0.39, 0.29) is 27.6 Å². The Hall–Kier alpha value is -1.88. The number of sulfonamides is 1. The standard InChI is InChI=1S/C21H24FN3O3S3/c1-15-12-25(20(26)14-29-13-16-7-9-17(22)10-8-16)21(30-15)23-18-5-4-6-19(11-18)31(27,28)24(2)3/h4-11,15H,12-14H2,1-3H3. The van der Waals surface area contributed by atoms with Gasteiger partial charge in [-0.3, -0.25) is 9.69 Å². The second-order valence-electron chi connectivity index (χ2n) is 7.23. The highest BCUT2D eigenvalue weighted by atomic mass is 32.2. The van der Waals surface area contributed by atoms with Crippen molar-refractivity contribution in [2.45, 2.75) is 22.8 Å². The lowest BCUT2D eigenvalue weighted by atomic mass is 10.2. The van der Waals surface area contributed by atoms with E-state index in [0.29, 0.717) is 23.2 Å². The van der Waals surface area contributed by atoms with E-state index in [2.05, 4.69) is 4.99 Å². The van der Waals surface area contributed by atoms with Crippen molar-refractivity contribution in [3.8, 4) is 0 Å². The summed E-state index contributed by atoms with van der Waals surface area (Å²) in [6.07, 6.45) is 0. The molecular weight excluding hydrogens is 457 g/mol. The number of hydrogen-bond acceptors (Lipinski definition) is 6. The molecule has 1 atom stereocenters. The molecule has 1 amide bonds. The van der Waals surface area contributed by atoms with Crippen LogP contribution in [0.2, 0.25) is 0 Å². The second kappa shape index (κ2) is 10.2. The Morgan fingerprint density at radius 2 is 1.97 bits per heavy atom. The molecule has 1 unspecified atom stereocenters. The largest absolute Gasteiger partial charge is 0.289 e. The van der Waals surface area contributed by atoms with Gasteiger partial charge in [0.15, 0.2) is 5.17 Å². The number of amidine groups is 1. The fourth-order valence-corrected chi connectivity index (χ4v) is 5.71. The van der Waals surface area contributed by atoms with Crippen LogP contribution in [0.3, 0.4) is 0 Å². The van der Waals surface area contributed by atoms with Gasteiger partial charge in [0.25, 0.3) is 0 Å². The number of thioether (sulfide) groups is 2. The summed E-state index contributed by atoms with van der Waals surface area (Å²) >= 11 is 2.96. The molecule has 1 aliphatic heterocycles. The van der Waals surface area contributed by atoms with Gasteiger partial charge in [0.1, 0.15) is 5.82 Å². The minimum atomic E-state index is -3.56. The van der Waals surface area contributed by atoms with Crippen molar-refractivity contribution in [3.05, 3.63) is 59.9 Å². The first-order chi connectivity index (χ1) is 14.7. The van der Waals surface area contributed by atoms with Crippen LogP contribution in [0.25, 0.3) is 0 Å². The van der Waals surface area contributed by atoms with Gasteiger partial charge in [-0.05, 0) is 35.9 Å². The number of carbonyl (C=O) groups is 1. The van der Waals surface area contributed by atoms with Crippen LogP contribution in [-0.2, 0) is 20.6 Å². The Labute approximate surface area is 191 Å². The topological polar surface area (TPSA) is 70.0 Å². The Bertz CT molecular complexity index is 1070. The van der Waals surface area contributed by atoms with Crippen LogP contribution in [0.15, 0.2) is 58.4 Å². The highest BCUT2D eigenvalue weighted by Gasteiger charge is 2.30. The third kappa shape index (κ3) is 6.09. The van der Waals surface area contributed by atoms with Gasteiger partial charge in [-0.25, -0.2) is 22.1 Å². The first-order valence-corrected chi connectivity index (χ1v) is 13.0. The smallest absolute Gasteiger partial charge is 0.242 e. The number of amides is 1. The molecule has 1 saturated heterocycles. The quantitative estimate of drug-likeness (QED) is 0.599. The Morgan fingerprint density at radius 3 is 2.65 bits per heavy atom. The van der Waals surface area contributed by atoms with Gasteiger partial charge < -0.3 is 0 Å². The van der Waals surface area contributed by atoms with Gasteiger partial charge in [0, 0.05) is 31.6 Å². The van der Waals surface area contributed by atoms with Gasteiger partial charge >= 0.3 is 0 Å². The van der Waals surface area contributed by atoms with E-state index in [9.17, 15) is 17.6 Å². The summed E-state index contributed by atoms with van der Waals surface area (Å²) in [6, 6.07) is 12.6. The minimum Gasteiger partial charge on any atom is -0.289 e. The van der Waals surface area contributed by atoms with E-state index in [4.69, 9.17) is 0 Å². The number of carbonyl (C=O) groups excluding carboxylic acids is 1. The van der Waals surface area contributed by atoms with Crippen LogP contribution in [0.1, 0.15) is 12.5 Å². The number of benzene rings is 2. The lowest BCUT2D eigenvalue weighted by Crippen LogP contribution is -2.33. The van der Waals surface area contributed by atoms with Gasteiger partial charge in [0.2, 0.25) is 15.9 Å². The molecule has 6 nitrogen and oxygen atoms in total. The number of aliphatic imine (C=N–C) groups is 1. The molecule has 0 saturated carbocycles. The lowest BCUT2D eigenvalue weighted by molar-refractivity contribution is -0.124. The maximum atomic E-state index is 13.0. The highest BCUT2D eigenvalue weighted by Crippen LogP contribution is 2.30. The molecule has 2 aromatic rings. The van der Waals surface area contributed by atoms with Crippen molar-refractivity contribution < 1.29 is 17.6 Å². The van der Waals surface area contributed by atoms with Crippen molar-refractivity contribution in [1.82, 2.24) is 9.21 Å². The first-order valence-electron chi connectivity index (χ1n) is 9.57. The summed E-state index contributed by atoms with van der Waals surface area (Å²) < 4.78 is 38.9. The van der Waals surface area contributed by atoms with Gasteiger partial charge in [0.05, 0.1) is 16.3 Å². The van der Waals surface area contributed by atoms with Crippen molar-refractivity contribution in [1.29, 1.82) is 0 Å². The van der Waals surface area contributed by atoms with Crippen molar-refractivity contribution >= 4 is 50.3 Å². The van der Waals surface area contributed by atoms with Gasteiger partial charge in [-0.15, -0.1) is 11.8 Å². The molecule has 0 aromatic heterocycles. The van der Waals surface area contributed by atoms with E-state index in [1.54, 1.807) is 29.2 Å². The molecule has 1 heterocycles. The number of hydrogen-bond donors (Lipinski definition) is 0. The van der Waals surface area contributed by atoms with Crippen molar-refractivity contribution in [2.75, 3.05) is 26.4 Å². The summed E-state index contributed by atoms with van der Waals surface area (Å²) in [5.74, 6) is 0.550. The summed E-state index contributed by atoms with van der Waals surface area (Å²) in [6.45, 7) is 2.57. The normalized spacial score (nSPS) is 18.2. The molecule has 0 N–H and O–H groups in total. The summed E-state index contributed by atoms with van der Waals surface area (Å²) in [4.78, 5) is 19.2. The van der Waals surface area contributed by atoms with E-state index in [1.807, 2.05) is 6.92 Å². The number of nitrogens with zero attached hydrogens (tertiary/aromatic N) is 3. The zero-order valence-corrected chi connectivity index (χ0v) is 19.9. The van der Waals surface area contributed by atoms with E-state index >= 15 is 0 Å². The average Bonchev–Trinajstić information content (AvgIpc) is 3.09. The fraction of sp³-hybridized carbons (Fsp3) is 0.333. The molecule has 2 aromatic carbocycles. The monoisotopic (exact) mass is 481 g/mol. The summed E-state index contributed by atoms with van der Waals surface area (Å²) in [7, 11) is -0.608. The Balaban J connectivity index is 1.71.